The zero-order chi connectivity index (χ0) is 20.7. The lowest BCUT2D eigenvalue weighted by Crippen LogP contribution is -2.60. The van der Waals surface area contributed by atoms with Crippen molar-refractivity contribution in [2.75, 3.05) is 18.3 Å². The molecule has 2 heterocycles. The zero-order valence-electron chi connectivity index (χ0n) is 16.6. The highest BCUT2D eigenvalue weighted by Crippen LogP contribution is 2.37. The average molecular weight is 409 g/mol. The van der Waals surface area contributed by atoms with Crippen LogP contribution in [0.25, 0.3) is 11.3 Å². The second-order valence-corrected chi connectivity index (χ2v) is 7.56. The minimum Gasteiger partial charge on any atom is -0.496 e. The first kappa shape index (κ1) is 19.2. The van der Waals surface area contributed by atoms with Crippen molar-refractivity contribution in [1.82, 2.24) is 10.1 Å². The van der Waals surface area contributed by atoms with Gasteiger partial charge in [0, 0.05) is 17.6 Å². The van der Waals surface area contributed by atoms with E-state index >= 15 is 0 Å². The van der Waals surface area contributed by atoms with E-state index in [4.69, 9.17) is 4.74 Å². The van der Waals surface area contributed by atoms with E-state index in [1.165, 1.54) is 18.7 Å². The Morgan fingerprint density at radius 1 is 1.28 bits per heavy atom. The number of nitrogens with zero attached hydrogens (tertiary/aromatic N) is 3. The predicted octanol–water partition coefficient (Wildman–Crippen LogP) is 2.68. The van der Waals surface area contributed by atoms with Crippen LogP contribution < -0.4 is 19.9 Å². The van der Waals surface area contributed by atoms with E-state index in [1.54, 1.807) is 16.7 Å². The van der Waals surface area contributed by atoms with Crippen LogP contribution in [0.4, 0.5) is 5.69 Å². The normalized spacial score (nSPS) is 14.9. The molecule has 1 aliphatic rings. The topological polar surface area (TPSA) is 79.2 Å². The Morgan fingerprint density at radius 2 is 2.03 bits per heavy atom. The number of thioether (sulfide) groups is 1. The second kappa shape index (κ2) is 7.36. The molecule has 3 aromatic rings. The van der Waals surface area contributed by atoms with Crippen LogP contribution in [0.2, 0.25) is 0 Å². The molecular weight excluding hydrogens is 388 g/mol. The Hall–Kier alpha value is -3.13. The predicted molar refractivity (Wildman–Crippen MR) is 111 cm³/mol. The van der Waals surface area contributed by atoms with E-state index in [2.05, 4.69) is 10.1 Å². The number of aromatic nitrogens is 3. The van der Waals surface area contributed by atoms with Crippen molar-refractivity contribution < 1.29 is 14.2 Å². The fraction of sp³-hybridized carbons (Fsp3) is 0.238. The number of rotatable bonds is 3. The maximum atomic E-state index is 13.0. The summed E-state index contributed by atoms with van der Waals surface area (Å²) < 4.78 is 7.03. The number of carbonyl (C=O) groups excluding carboxylic acids is 1. The van der Waals surface area contributed by atoms with Crippen molar-refractivity contribution in [2.45, 2.75) is 25.2 Å². The number of H-pyrrole nitrogens is 1. The number of aryl methyl sites for hydroxylation is 1. The minimum absolute atomic E-state index is 0.137. The maximum Gasteiger partial charge on any atom is 0.325 e. The molecule has 1 unspecified atom stereocenters. The third-order valence-corrected chi connectivity index (χ3v) is 5.58. The molecule has 0 spiro atoms. The molecule has 1 aliphatic heterocycles. The summed E-state index contributed by atoms with van der Waals surface area (Å²) in [6.45, 7) is 3.47. The highest BCUT2D eigenvalue weighted by Gasteiger charge is 2.44. The third-order valence-electron chi connectivity index (χ3n) is 5.01. The number of nitrogens with one attached hydrogen (secondary N) is 1. The molecule has 4 rings (SSSR count). The van der Waals surface area contributed by atoms with Crippen molar-refractivity contribution >= 4 is 23.4 Å². The smallest absolute Gasteiger partial charge is 0.325 e. The Morgan fingerprint density at radius 3 is 2.69 bits per heavy atom. The fourth-order valence-corrected chi connectivity index (χ4v) is 4.13. The standard InChI is InChI=1S/C21H20N4O3S/c1-12-11-14(9-10-17(12)28-3)20-24(13(2)26)16-8-6-5-7-15(16)18-19(27)22-21(29-4)23-25(18)20/h5-11,20H,1-4H3/p+1. The van der Waals surface area contributed by atoms with Crippen LogP contribution in [0.1, 0.15) is 24.2 Å². The molecule has 7 nitrogen and oxygen atoms in total. The zero-order valence-corrected chi connectivity index (χ0v) is 17.4. The number of anilines is 1. The van der Waals surface area contributed by atoms with Crippen molar-refractivity contribution in [3.63, 3.8) is 0 Å². The van der Waals surface area contributed by atoms with Gasteiger partial charge in [-0.05, 0) is 53.8 Å². The van der Waals surface area contributed by atoms with Gasteiger partial charge in [-0.3, -0.25) is 14.6 Å². The molecular formula is C21H21N4O3S+. The number of aromatic amines is 1. The van der Waals surface area contributed by atoms with Gasteiger partial charge in [0.15, 0.2) is 0 Å². The number of para-hydroxylation sites is 1. The Balaban J connectivity index is 2.06. The van der Waals surface area contributed by atoms with Crippen LogP contribution in [0, 0.1) is 6.92 Å². The van der Waals surface area contributed by atoms with E-state index in [0.717, 1.165) is 16.9 Å². The maximum absolute atomic E-state index is 13.0. The molecule has 0 radical (unpaired) electrons. The van der Waals surface area contributed by atoms with Crippen molar-refractivity contribution in [3.05, 3.63) is 63.9 Å². The first-order chi connectivity index (χ1) is 14.0. The van der Waals surface area contributed by atoms with Gasteiger partial charge in [0.25, 0.3) is 6.17 Å². The van der Waals surface area contributed by atoms with E-state index in [0.29, 0.717) is 22.1 Å². The van der Waals surface area contributed by atoms with Gasteiger partial charge in [-0.25, -0.2) is 4.90 Å². The summed E-state index contributed by atoms with van der Waals surface area (Å²) in [6, 6.07) is 13.1. The number of fused-ring (bicyclic) bond motifs is 3. The molecule has 1 atom stereocenters. The van der Waals surface area contributed by atoms with E-state index < -0.39 is 6.17 Å². The van der Waals surface area contributed by atoms with E-state index in [9.17, 15) is 9.59 Å². The summed E-state index contributed by atoms with van der Waals surface area (Å²) in [5, 5.41) is 5.14. The Bertz CT molecular complexity index is 1170. The monoisotopic (exact) mass is 409 g/mol. The molecule has 0 fully saturated rings. The molecule has 2 aromatic carbocycles. The molecule has 1 aromatic heterocycles. The van der Waals surface area contributed by atoms with Crippen molar-refractivity contribution in [2.24, 2.45) is 0 Å². The average Bonchev–Trinajstić information content (AvgIpc) is 2.71. The van der Waals surface area contributed by atoms with Gasteiger partial charge in [-0.15, -0.1) is 0 Å². The molecule has 1 amide bonds. The lowest BCUT2D eigenvalue weighted by molar-refractivity contribution is -0.763. The largest absolute Gasteiger partial charge is 0.496 e. The van der Waals surface area contributed by atoms with Crippen LogP contribution in [0.15, 0.2) is 52.4 Å². The quantitative estimate of drug-likeness (QED) is 0.532. The number of amides is 1. The van der Waals surface area contributed by atoms with Crippen LogP contribution in [0.3, 0.4) is 0 Å². The van der Waals surface area contributed by atoms with Crippen LogP contribution >= 0.6 is 11.8 Å². The summed E-state index contributed by atoms with van der Waals surface area (Å²) in [7, 11) is 1.62. The van der Waals surface area contributed by atoms with E-state index in [-0.39, 0.29) is 11.5 Å². The molecule has 29 heavy (non-hydrogen) atoms. The number of methoxy groups -OCH3 is 1. The van der Waals surface area contributed by atoms with Crippen LogP contribution in [0.5, 0.6) is 5.75 Å². The molecule has 8 heteroatoms. The number of benzene rings is 2. The Kier molecular flexibility index (Phi) is 4.87. The van der Waals surface area contributed by atoms with Gasteiger partial charge >= 0.3 is 11.3 Å². The first-order valence-electron chi connectivity index (χ1n) is 9.10. The Labute approximate surface area is 172 Å². The van der Waals surface area contributed by atoms with Gasteiger partial charge in [0.05, 0.1) is 18.4 Å². The molecule has 0 saturated carbocycles. The summed E-state index contributed by atoms with van der Waals surface area (Å²) in [5.41, 5.74) is 3.31. The molecule has 0 bridgehead atoms. The van der Waals surface area contributed by atoms with Gasteiger partial charge < -0.3 is 4.74 Å². The second-order valence-electron chi connectivity index (χ2n) is 6.77. The van der Waals surface area contributed by atoms with Gasteiger partial charge in [-0.2, -0.15) is 0 Å². The third kappa shape index (κ3) is 3.09. The van der Waals surface area contributed by atoms with Crippen LogP contribution in [-0.2, 0) is 4.79 Å². The number of carbonyl (C=O) groups is 1. The SMILES string of the molecule is COc1ccc(C2N(C(C)=O)c3ccccc3-c3c(=O)[nH]c(SC)n[n+]32)cc1C. The van der Waals surface area contributed by atoms with Gasteiger partial charge in [0.1, 0.15) is 5.75 Å². The molecule has 148 valence electrons. The highest BCUT2D eigenvalue weighted by molar-refractivity contribution is 7.98. The van der Waals surface area contributed by atoms with E-state index in [1.807, 2.05) is 55.6 Å². The van der Waals surface area contributed by atoms with Crippen molar-refractivity contribution in [1.29, 1.82) is 0 Å². The summed E-state index contributed by atoms with van der Waals surface area (Å²) in [4.78, 5) is 30.2. The minimum atomic E-state index is -0.588. The van der Waals surface area contributed by atoms with Gasteiger partial charge in [0.2, 0.25) is 11.1 Å². The molecule has 0 aliphatic carbocycles. The van der Waals surface area contributed by atoms with Gasteiger partial charge in [-0.1, -0.05) is 23.9 Å². The first-order valence-corrected chi connectivity index (χ1v) is 10.3. The number of hydrogen-bond donors (Lipinski definition) is 1. The number of hydrogen-bond acceptors (Lipinski definition) is 5. The van der Waals surface area contributed by atoms with Crippen LogP contribution in [-0.4, -0.2) is 29.4 Å². The van der Waals surface area contributed by atoms with Crippen molar-refractivity contribution in [3.8, 4) is 17.0 Å². The highest BCUT2D eigenvalue weighted by atomic mass is 32.2. The molecule has 0 saturated heterocycles. The lowest BCUT2D eigenvalue weighted by Gasteiger charge is -2.31. The molecule has 1 N–H and O–H groups in total. The lowest BCUT2D eigenvalue weighted by atomic mass is 10.0. The fourth-order valence-electron chi connectivity index (χ4n) is 3.77. The summed E-state index contributed by atoms with van der Waals surface area (Å²) >= 11 is 1.34. The summed E-state index contributed by atoms with van der Waals surface area (Å²) in [6.07, 6.45) is 1.26. The number of ether oxygens (including phenoxy) is 1. The summed E-state index contributed by atoms with van der Waals surface area (Å²) in [5.74, 6) is 0.620.